The van der Waals surface area contributed by atoms with Crippen LogP contribution in [-0.2, 0) is 0 Å². The van der Waals surface area contributed by atoms with Crippen LogP contribution in [0.15, 0.2) is 36.5 Å². The average molecular weight is 346 g/mol. The van der Waals surface area contributed by atoms with Crippen LogP contribution in [-0.4, -0.2) is 21.7 Å². The van der Waals surface area contributed by atoms with E-state index < -0.39 is 16.7 Å². The van der Waals surface area contributed by atoms with E-state index in [2.05, 4.69) is 4.98 Å². The maximum absolute atomic E-state index is 6.48. The van der Waals surface area contributed by atoms with Crippen molar-refractivity contribution in [2.75, 3.05) is 0 Å². The van der Waals surface area contributed by atoms with E-state index in [4.69, 9.17) is 11.8 Å². The number of benzene rings is 1. The van der Waals surface area contributed by atoms with Crippen LogP contribution in [0, 0.1) is 0 Å². The van der Waals surface area contributed by atoms with E-state index in [1.54, 1.807) is 6.20 Å². The molecule has 0 N–H and O–H groups in total. The summed E-state index contributed by atoms with van der Waals surface area (Å²) in [5, 5.41) is 1.08. The van der Waals surface area contributed by atoms with Gasteiger partial charge in [-0.25, -0.2) is 0 Å². The Labute approximate surface area is 101 Å². The first-order chi connectivity index (χ1) is 7.31. The zero-order chi connectivity index (χ0) is 11.8. The van der Waals surface area contributed by atoms with Gasteiger partial charge < -0.3 is 0 Å². The topological polar surface area (TPSA) is 22.1 Å². The molecule has 4 heteroatoms. The molecule has 2 nitrogen and oxygen atoms in total. The van der Waals surface area contributed by atoms with Crippen molar-refractivity contribution in [3.63, 3.8) is 0 Å². The Kier molecular flexibility index (Phi) is 2.84. The van der Waals surface area contributed by atoms with Crippen molar-refractivity contribution in [3.8, 4) is 5.75 Å². The van der Waals surface area contributed by atoms with E-state index in [0.29, 0.717) is 0 Å². The quantitative estimate of drug-likeness (QED) is 0.763. The van der Waals surface area contributed by atoms with Gasteiger partial charge in [-0.1, -0.05) is 0 Å². The monoisotopic (exact) mass is 345 g/mol. The molecule has 0 aliphatic heterocycles. The summed E-state index contributed by atoms with van der Waals surface area (Å²) in [5.41, 5.74) is 0.884. The van der Waals surface area contributed by atoms with Gasteiger partial charge in [0.05, 0.1) is 0 Å². The summed E-state index contributed by atoms with van der Waals surface area (Å²) in [4.78, 5) is 10.4. The Bertz CT molecular complexity index is 519. The zero-order valence-corrected chi connectivity index (χ0v) is 13.0. The number of rotatable bonds is 2. The number of fused-ring (bicyclic) bond motifs is 1. The number of pyridine rings is 1. The van der Waals surface area contributed by atoms with Gasteiger partial charge >= 0.3 is 101 Å². The van der Waals surface area contributed by atoms with Gasteiger partial charge in [-0.15, -0.1) is 0 Å². The van der Waals surface area contributed by atoms with Gasteiger partial charge in [0.2, 0.25) is 0 Å². The molecule has 0 bridgehead atoms. The van der Waals surface area contributed by atoms with Gasteiger partial charge in [0.25, 0.3) is 0 Å². The fraction of sp³-hybridized carbons (Fsp3) is 0.250. The van der Waals surface area contributed by atoms with Gasteiger partial charge in [-0.05, 0) is 0 Å². The first-order valence-corrected chi connectivity index (χ1v) is 17.0. The zero-order valence-electron chi connectivity index (χ0n) is 9.64. The molecule has 1 aromatic carbocycles. The third-order valence-electron chi connectivity index (χ3n) is 2.00. The van der Waals surface area contributed by atoms with Crippen molar-refractivity contribution in [3.05, 3.63) is 36.5 Å². The van der Waals surface area contributed by atoms with E-state index in [1.165, 1.54) is 0 Å². The van der Waals surface area contributed by atoms with Crippen LogP contribution < -0.4 is 3.02 Å². The Morgan fingerprint density at radius 1 is 1.12 bits per heavy atom. The van der Waals surface area contributed by atoms with E-state index in [-0.39, 0.29) is 0 Å². The van der Waals surface area contributed by atoms with Gasteiger partial charge in [0.1, 0.15) is 0 Å². The van der Waals surface area contributed by atoms with Crippen molar-refractivity contribution < 1.29 is 3.02 Å². The molecule has 2 aromatic rings. The molecule has 0 spiro atoms. The summed E-state index contributed by atoms with van der Waals surface area (Å²) >= 11 is -3.32. The normalized spacial score (nSPS) is 14.4. The fourth-order valence-electron chi connectivity index (χ4n) is 1.48. The number of halogens is 1. The van der Waals surface area contributed by atoms with E-state index in [1.807, 2.05) is 44.9 Å². The average Bonchev–Trinajstić information content (AvgIpc) is 2.15. The van der Waals surface area contributed by atoms with Crippen LogP contribution in [0.25, 0.3) is 10.9 Å². The van der Waals surface area contributed by atoms with Crippen LogP contribution in [0.2, 0.25) is 14.6 Å². The molecule has 16 heavy (non-hydrogen) atoms. The molecule has 0 saturated heterocycles. The Morgan fingerprint density at radius 3 is 2.50 bits per heavy atom. The number of aromatic nitrogens is 1. The molecule has 1 heterocycles. The van der Waals surface area contributed by atoms with E-state index in [0.717, 1.165) is 16.7 Å². The summed E-state index contributed by atoms with van der Waals surface area (Å²) in [5.74, 6) is 0.794. The second kappa shape index (κ2) is 3.78. The molecular weight excluding hydrogens is 331 g/mol. The van der Waals surface area contributed by atoms with Gasteiger partial charge in [0.15, 0.2) is 0 Å². The predicted molar refractivity (Wildman–Crippen MR) is 71.6 cm³/mol. The Morgan fingerprint density at radius 2 is 1.81 bits per heavy atom. The Balaban J connectivity index is 2.54. The van der Waals surface area contributed by atoms with Gasteiger partial charge in [0, 0.05) is 0 Å². The minimum absolute atomic E-state index is 0.794. The predicted octanol–water partition coefficient (Wildman–Crippen LogP) is 4.14. The molecule has 0 unspecified atom stereocenters. The number of hydrogen-bond acceptors (Lipinski definition) is 2. The van der Waals surface area contributed by atoms with Crippen LogP contribution in [0.4, 0.5) is 0 Å². The van der Waals surface area contributed by atoms with Crippen molar-refractivity contribution in [2.45, 2.75) is 14.6 Å². The summed E-state index contributed by atoms with van der Waals surface area (Å²) in [6.45, 7) is 0. The molecule has 0 amide bonds. The Hall–Kier alpha value is -0.462. The van der Waals surface area contributed by atoms with Crippen molar-refractivity contribution in [1.82, 2.24) is 4.98 Å². The third-order valence-corrected chi connectivity index (χ3v) is 4.79. The maximum atomic E-state index is 6.48. The standard InChI is InChI=1S/C9H7NO.3CH3.ClH.Sb/c11-8-5-1-3-7-4-2-6-10-9(7)8;;;;;/h1-6,11H;3*1H3;1H;/q;;;;;+2/p-2. The fourth-order valence-corrected chi connectivity index (χ4v) is 4.30. The summed E-state index contributed by atoms with van der Waals surface area (Å²) in [7, 11) is 6.48. The van der Waals surface area contributed by atoms with E-state index >= 15 is 0 Å². The third kappa shape index (κ3) is 3.02. The van der Waals surface area contributed by atoms with Crippen LogP contribution >= 0.6 is 8.83 Å². The van der Waals surface area contributed by atoms with Crippen LogP contribution in [0.5, 0.6) is 5.75 Å². The SMILES string of the molecule is [CH3][Sb]([CH3])([CH3])([Cl])[O]c1cccc2cccnc12. The number of hydrogen-bond donors (Lipinski definition) is 0. The molecule has 0 aliphatic rings. The van der Waals surface area contributed by atoms with Crippen molar-refractivity contribution >= 4 is 36.4 Å². The molecule has 1 aromatic heterocycles. The molecule has 0 atom stereocenters. The first-order valence-electron chi connectivity index (χ1n) is 5.08. The molecule has 86 valence electrons. The van der Waals surface area contributed by atoms with Gasteiger partial charge in [-0.3, -0.25) is 0 Å². The van der Waals surface area contributed by atoms with E-state index in [9.17, 15) is 0 Å². The molecule has 0 radical (unpaired) electrons. The van der Waals surface area contributed by atoms with Crippen LogP contribution in [0.1, 0.15) is 0 Å². The van der Waals surface area contributed by atoms with Crippen molar-refractivity contribution in [2.24, 2.45) is 0 Å². The summed E-state index contributed by atoms with van der Waals surface area (Å²) in [6, 6.07) is 9.86. The summed E-state index contributed by atoms with van der Waals surface area (Å²) < 4.78 is 6.01. The molecule has 0 fully saturated rings. The molecule has 0 saturated carbocycles. The second-order valence-corrected chi connectivity index (χ2v) is 27.2. The minimum atomic E-state index is -3.32. The first kappa shape index (κ1) is 12.0. The van der Waals surface area contributed by atoms with Gasteiger partial charge in [-0.2, -0.15) is 0 Å². The molecular formula is C12H15ClNOSb. The molecule has 0 aliphatic carbocycles. The summed E-state index contributed by atoms with van der Waals surface area (Å²) in [6.07, 6.45) is 1.77. The van der Waals surface area contributed by atoms with Crippen molar-refractivity contribution in [1.29, 1.82) is 0 Å². The number of nitrogens with zero attached hydrogens (tertiary/aromatic N) is 1. The number of para-hydroxylation sites is 1. The van der Waals surface area contributed by atoms with Crippen LogP contribution in [0.3, 0.4) is 0 Å². The molecule has 2 rings (SSSR count). The second-order valence-electron chi connectivity index (χ2n) is 4.89.